The smallest absolute Gasteiger partial charge is 0.230 e. The first-order valence-corrected chi connectivity index (χ1v) is 8.20. The molecule has 1 aromatic rings. The molecule has 1 fully saturated rings. The van der Waals surface area contributed by atoms with Crippen molar-refractivity contribution >= 4 is 5.91 Å². The quantitative estimate of drug-likeness (QED) is 0.790. The molecule has 1 saturated carbocycles. The van der Waals surface area contributed by atoms with Gasteiger partial charge in [-0.15, -0.1) is 0 Å². The number of nitrogens with one attached hydrogen (secondary N) is 2. The number of hydrogen-bond acceptors (Lipinski definition) is 2. The van der Waals surface area contributed by atoms with Gasteiger partial charge in [0, 0.05) is 6.54 Å². The van der Waals surface area contributed by atoms with Gasteiger partial charge in [0.1, 0.15) is 0 Å². The summed E-state index contributed by atoms with van der Waals surface area (Å²) in [5, 5.41) is 6.29. The third kappa shape index (κ3) is 3.65. The zero-order valence-corrected chi connectivity index (χ0v) is 13.4. The molecular weight excluding hydrogens is 260 g/mol. The average Bonchev–Trinajstić information content (AvgIpc) is 2.52. The predicted molar refractivity (Wildman–Crippen MR) is 87.5 cm³/mol. The number of carbonyl (C=O) groups excluding carboxylic acids is 1. The van der Waals surface area contributed by atoms with E-state index >= 15 is 0 Å². The van der Waals surface area contributed by atoms with E-state index in [2.05, 4.69) is 41.8 Å². The van der Waals surface area contributed by atoms with Crippen LogP contribution in [0.15, 0.2) is 24.3 Å². The van der Waals surface area contributed by atoms with Crippen LogP contribution in [0.2, 0.25) is 0 Å². The van der Waals surface area contributed by atoms with E-state index in [1.807, 2.05) is 7.05 Å². The minimum Gasteiger partial charge on any atom is -0.355 e. The van der Waals surface area contributed by atoms with Gasteiger partial charge in [0.15, 0.2) is 0 Å². The van der Waals surface area contributed by atoms with Gasteiger partial charge in [-0.3, -0.25) is 4.79 Å². The Morgan fingerprint density at radius 3 is 2.52 bits per heavy atom. The van der Waals surface area contributed by atoms with E-state index in [4.69, 9.17) is 0 Å². The summed E-state index contributed by atoms with van der Waals surface area (Å²) >= 11 is 0. The van der Waals surface area contributed by atoms with Crippen LogP contribution in [-0.2, 0) is 10.2 Å². The highest BCUT2D eigenvalue weighted by Crippen LogP contribution is 2.41. The van der Waals surface area contributed by atoms with E-state index in [0.717, 1.165) is 45.2 Å². The molecule has 0 unspecified atom stereocenters. The van der Waals surface area contributed by atoms with Crippen LogP contribution in [0, 0.1) is 6.92 Å². The van der Waals surface area contributed by atoms with E-state index in [9.17, 15) is 4.79 Å². The maximum atomic E-state index is 12.9. The van der Waals surface area contributed by atoms with Crippen LogP contribution < -0.4 is 10.6 Å². The van der Waals surface area contributed by atoms with E-state index in [1.54, 1.807) is 0 Å². The Bertz CT molecular complexity index is 464. The SMILES string of the molecule is CNCCCNC(=O)C1(c2ccccc2C)CCCCC1. The van der Waals surface area contributed by atoms with Crippen LogP contribution in [0.3, 0.4) is 0 Å². The first-order valence-electron chi connectivity index (χ1n) is 8.20. The second-order valence-electron chi connectivity index (χ2n) is 6.17. The van der Waals surface area contributed by atoms with Crippen LogP contribution in [-0.4, -0.2) is 26.0 Å². The number of carbonyl (C=O) groups is 1. The number of aryl methyl sites for hydroxylation is 1. The van der Waals surface area contributed by atoms with Crippen LogP contribution in [0.1, 0.15) is 49.7 Å². The second-order valence-corrected chi connectivity index (χ2v) is 6.17. The van der Waals surface area contributed by atoms with Gasteiger partial charge in [0.2, 0.25) is 5.91 Å². The van der Waals surface area contributed by atoms with Crippen molar-refractivity contribution in [3.63, 3.8) is 0 Å². The lowest BCUT2D eigenvalue weighted by Gasteiger charge is -2.37. The van der Waals surface area contributed by atoms with Crippen molar-refractivity contribution in [2.75, 3.05) is 20.1 Å². The fraction of sp³-hybridized carbons (Fsp3) is 0.611. The number of benzene rings is 1. The normalized spacial score (nSPS) is 17.4. The largest absolute Gasteiger partial charge is 0.355 e. The Morgan fingerprint density at radius 2 is 1.86 bits per heavy atom. The van der Waals surface area contributed by atoms with Crippen molar-refractivity contribution in [3.05, 3.63) is 35.4 Å². The molecule has 0 saturated heterocycles. The molecule has 3 heteroatoms. The number of hydrogen-bond donors (Lipinski definition) is 2. The second kappa shape index (κ2) is 7.60. The van der Waals surface area contributed by atoms with Crippen molar-refractivity contribution in [3.8, 4) is 0 Å². The summed E-state index contributed by atoms with van der Waals surface area (Å²) in [5.41, 5.74) is 2.17. The number of rotatable bonds is 6. The lowest BCUT2D eigenvalue weighted by Crippen LogP contribution is -2.46. The first-order chi connectivity index (χ1) is 10.2. The van der Waals surface area contributed by atoms with Gasteiger partial charge in [-0.2, -0.15) is 0 Å². The zero-order valence-electron chi connectivity index (χ0n) is 13.4. The molecule has 1 aromatic carbocycles. The summed E-state index contributed by atoms with van der Waals surface area (Å²) in [6, 6.07) is 8.39. The standard InChI is InChI=1S/C18H28N2O/c1-15-9-4-5-10-16(15)18(11-6-3-7-12-18)17(21)20-14-8-13-19-2/h4-5,9-10,19H,3,6-8,11-14H2,1-2H3,(H,20,21). The molecule has 0 aromatic heterocycles. The van der Waals surface area contributed by atoms with Gasteiger partial charge in [0.25, 0.3) is 0 Å². The molecule has 2 rings (SSSR count). The van der Waals surface area contributed by atoms with Crippen molar-refractivity contribution in [1.82, 2.24) is 10.6 Å². The first kappa shape index (κ1) is 16.0. The highest BCUT2D eigenvalue weighted by Gasteiger charge is 2.41. The monoisotopic (exact) mass is 288 g/mol. The molecule has 1 aliphatic rings. The molecule has 2 N–H and O–H groups in total. The lowest BCUT2D eigenvalue weighted by molar-refractivity contribution is -0.128. The van der Waals surface area contributed by atoms with Crippen LogP contribution in [0.4, 0.5) is 0 Å². The molecule has 1 aliphatic carbocycles. The van der Waals surface area contributed by atoms with Crippen LogP contribution >= 0.6 is 0 Å². The fourth-order valence-electron chi connectivity index (χ4n) is 3.52. The van der Waals surface area contributed by atoms with Crippen molar-refractivity contribution in [1.29, 1.82) is 0 Å². The Hall–Kier alpha value is -1.35. The van der Waals surface area contributed by atoms with Crippen LogP contribution in [0.5, 0.6) is 0 Å². The lowest BCUT2D eigenvalue weighted by atomic mass is 9.67. The molecule has 21 heavy (non-hydrogen) atoms. The summed E-state index contributed by atoms with van der Waals surface area (Å²) in [4.78, 5) is 12.9. The Balaban J connectivity index is 2.17. The Morgan fingerprint density at radius 1 is 1.14 bits per heavy atom. The predicted octanol–water partition coefficient (Wildman–Crippen LogP) is 2.92. The maximum Gasteiger partial charge on any atom is 0.230 e. The number of amides is 1. The topological polar surface area (TPSA) is 41.1 Å². The molecule has 116 valence electrons. The Labute approximate surface area is 128 Å². The van der Waals surface area contributed by atoms with Crippen LogP contribution in [0.25, 0.3) is 0 Å². The molecule has 0 bridgehead atoms. The molecule has 0 atom stereocenters. The third-order valence-electron chi connectivity index (χ3n) is 4.69. The van der Waals surface area contributed by atoms with Gasteiger partial charge in [-0.1, -0.05) is 43.5 Å². The van der Waals surface area contributed by atoms with Gasteiger partial charge in [-0.05, 0) is 50.9 Å². The Kier molecular flexibility index (Phi) is 5.80. The molecular formula is C18H28N2O. The highest BCUT2D eigenvalue weighted by molar-refractivity contribution is 5.88. The summed E-state index contributed by atoms with van der Waals surface area (Å²) < 4.78 is 0. The summed E-state index contributed by atoms with van der Waals surface area (Å²) in [5.74, 6) is 0.229. The van der Waals surface area contributed by atoms with E-state index in [1.165, 1.54) is 17.5 Å². The van der Waals surface area contributed by atoms with Gasteiger partial charge in [-0.25, -0.2) is 0 Å². The average molecular weight is 288 g/mol. The molecule has 1 amide bonds. The minimum absolute atomic E-state index is 0.229. The maximum absolute atomic E-state index is 12.9. The summed E-state index contributed by atoms with van der Waals surface area (Å²) in [7, 11) is 1.94. The summed E-state index contributed by atoms with van der Waals surface area (Å²) in [6.07, 6.45) is 6.49. The van der Waals surface area contributed by atoms with Crippen molar-refractivity contribution < 1.29 is 4.79 Å². The molecule has 0 aliphatic heterocycles. The molecule has 0 heterocycles. The summed E-state index contributed by atoms with van der Waals surface area (Å²) in [6.45, 7) is 3.82. The van der Waals surface area contributed by atoms with E-state index in [0.29, 0.717) is 0 Å². The molecule has 0 radical (unpaired) electrons. The minimum atomic E-state index is -0.302. The van der Waals surface area contributed by atoms with Crippen molar-refractivity contribution in [2.45, 2.75) is 50.9 Å². The fourth-order valence-corrected chi connectivity index (χ4v) is 3.52. The van der Waals surface area contributed by atoms with Gasteiger partial charge >= 0.3 is 0 Å². The van der Waals surface area contributed by atoms with E-state index in [-0.39, 0.29) is 11.3 Å². The van der Waals surface area contributed by atoms with Crippen molar-refractivity contribution in [2.24, 2.45) is 0 Å². The molecule has 3 nitrogen and oxygen atoms in total. The van der Waals surface area contributed by atoms with Gasteiger partial charge < -0.3 is 10.6 Å². The zero-order chi connectivity index (χ0) is 15.1. The third-order valence-corrected chi connectivity index (χ3v) is 4.69. The van der Waals surface area contributed by atoms with E-state index < -0.39 is 0 Å². The highest BCUT2D eigenvalue weighted by atomic mass is 16.2. The molecule has 0 spiro atoms. The van der Waals surface area contributed by atoms with Gasteiger partial charge in [0.05, 0.1) is 5.41 Å².